The van der Waals surface area contributed by atoms with Gasteiger partial charge in [-0.2, -0.15) is 0 Å². The van der Waals surface area contributed by atoms with Gasteiger partial charge < -0.3 is 14.6 Å². The molecule has 0 bridgehead atoms. The molecule has 0 spiro atoms. The van der Waals surface area contributed by atoms with Gasteiger partial charge >= 0.3 is 5.97 Å². The van der Waals surface area contributed by atoms with Crippen LogP contribution in [0, 0.1) is 0 Å². The van der Waals surface area contributed by atoms with Crippen LogP contribution in [0.5, 0.6) is 0 Å². The molecule has 0 aliphatic rings. The van der Waals surface area contributed by atoms with Crippen molar-refractivity contribution in [1.82, 2.24) is 9.55 Å². The van der Waals surface area contributed by atoms with Gasteiger partial charge in [0.05, 0.1) is 6.54 Å². The Morgan fingerprint density at radius 3 is 2.86 bits per heavy atom. The number of carboxylic acids is 1. The first-order chi connectivity index (χ1) is 9.97. The number of imidazole rings is 1. The third-order valence-corrected chi connectivity index (χ3v) is 3.46. The zero-order valence-electron chi connectivity index (χ0n) is 11.8. The van der Waals surface area contributed by atoms with E-state index >= 15 is 0 Å². The van der Waals surface area contributed by atoms with Crippen LogP contribution >= 0.6 is 11.6 Å². The first kappa shape index (κ1) is 15.1. The fourth-order valence-electron chi connectivity index (χ4n) is 1.90. The summed E-state index contributed by atoms with van der Waals surface area (Å²) >= 11 is 6.18. The lowest BCUT2D eigenvalue weighted by molar-refractivity contribution is -0.131. The molecule has 0 saturated carbocycles. The van der Waals surface area contributed by atoms with E-state index in [-0.39, 0.29) is 0 Å². The fourth-order valence-corrected chi connectivity index (χ4v) is 2.14. The van der Waals surface area contributed by atoms with Gasteiger partial charge in [-0.3, -0.25) is 0 Å². The van der Waals surface area contributed by atoms with E-state index in [1.807, 2.05) is 41.9 Å². The van der Waals surface area contributed by atoms with E-state index in [2.05, 4.69) is 4.98 Å². The lowest BCUT2D eigenvalue weighted by Crippen LogP contribution is -2.18. The molecule has 0 aliphatic heterocycles. The number of carboxylic acid groups (broad SMARTS) is 1. The average Bonchev–Trinajstić information content (AvgIpc) is 2.82. The first-order valence-corrected chi connectivity index (χ1v) is 6.73. The standard InChI is InChI=1S/C15H16ClN3O2/c1-18-8-7-17-14(18)10-19(2)12-5-3-11(13(16)9-12)4-6-15(20)21/h3-9H,10H2,1-2H3,(H,20,21)/b6-4+. The van der Waals surface area contributed by atoms with Crippen molar-refractivity contribution in [3.8, 4) is 0 Å². The molecule has 5 nitrogen and oxygen atoms in total. The van der Waals surface area contributed by atoms with Crippen LogP contribution in [0.4, 0.5) is 5.69 Å². The van der Waals surface area contributed by atoms with E-state index in [1.54, 1.807) is 12.3 Å². The number of aromatic nitrogens is 2. The predicted octanol–water partition coefficient (Wildman–Crippen LogP) is 2.81. The van der Waals surface area contributed by atoms with Crippen molar-refractivity contribution in [2.75, 3.05) is 11.9 Å². The average molecular weight is 306 g/mol. The van der Waals surface area contributed by atoms with Gasteiger partial charge in [-0.1, -0.05) is 17.7 Å². The molecule has 0 fully saturated rings. The molecule has 1 aromatic carbocycles. The molecule has 1 heterocycles. The summed E-state index contributed by atoms with van der Waals surface area (Å²) in [5.41, 5.74) is 1.61. The van der Waals surface area contributed by atoms with Crippen LogP contribution in [0.25, 0.3) is 6.08 Å². The Bertz CT molecular complexity index is 679. The van der Waals surface area contributed by atoms with E-state index in [4.69, 9.17) is 16.7 Å². The molecule has 0 radical (unpaired) electrons. The molecular weight excluding hydrogens is 290 g/mol. The van der Waals surface area contributed by atoms with Crippen LogP contribution in [0.3, 0.4) is 0 Å². The number of carbonyl (C=O) groups is 1. The lowest BCUT2D eigenvalue weighted by Gasteiger charge is -2.19. The Morgan fingerprint density at radius 1 is 1.52 bits per heavy atom. The first-order valence-electron chi connectivity index (χ1n) is 6.35. The number of aryl methyl sites for hydroxylation is 1. The number of benzene rings is 1. The zero-order chi connectivity index (χ0) is 15.4. The van der Waals surface area contributed by atoms with Crippen LogP contribution < -0.4 is 4.90 Å². The number of hydrogen-bond acceptors (Lipinski definition) is 3. The van der Waals surface area contributed by atoms with Gasteiger partial charge in [-0.15, -0.1) is 0 Å². The highest BCUT2D eigenvalue weighted by Crippen LogP contribution is 2.24. The topological polar surface area (TPSA) is 58.4 Å². The second-order valence-corrected chi connectivity index (χ2v) is 5.10. The molecule has 0 unspecified atom stereocenters. The molecule has 1 N–H and O–H groups in total. The molecule has 2 aromatic rings. The van der Waals surface area contributed by atoms with Crippen LogP contribution in [-0.4, -0.2) is 27.7 Å². The van der Waals surface area contributed by atoms with Crippen molar-refractivity contribution in [1.29, 1.82) is 0 Å². The maximum absolute atomic E-state index is 10.5. The highest BCUT2D eigenvalue weighted by molar-refractivity contribution is 6.32. The van der Waals surface area contributed by atoms with E-state index in [0.29, 0.717) is 17.1 Å². The van der Waals surface area contributed by atoms with Gasteiger partial charge in [-0.05, 0) is 23.8 Å². The molecule has 2 rings (SSSR count). The molecule has 0 saturated heterocycles. The number of rotatable bonds is 5. The Labute approximate surface area is 128 Å². The number of anilines is 1. The van der Waals surface area contributed by atoms with Gasteiger partial charge in [0.25, 0.3) is 0 Å². The minimum atomic E-state index is -0.998. The minimum absolute atomic E-state index is 0.511. The van der Waals surface area contributed by atoms with Crippen molar-refractivity contribution in [2.24, 2.45) is 7.05 Å². The summed E-state index contributed by atoms with van der Waals surface area (Å²) in [6, 6.07) is 5.51. The molecular formula is C15H16ClN3O2. The van der Waals surface area contributed by atoms with Crippen molar-refractivity contribution in [2.45, 2.75) is 6.54 Å². The summed E-state index contributed by atoms with van der Waals surface area (Å²) in [5, 5.41) is 9.14. The highest BCUT2D eigenvalue weighted by Gasteiger charge is 2.07. The van der Waals surface area contributed by atoms with Crippen molar-refractivity contribution >= 4 is 29.3 Å². The fraction of sp³-hybridized carbons (Fsp3) is 0.200. The van der Waals surface area contributed by atoms with E-state index in [1.165, 1.54) is 6.08 Å². The second kappa shape index (κ2) is 6.45. The van der Waals surface area contributed by atoms with Crippen molar-refractivity contribution < 1.29 is 9.90 Å². The maximum Gasteiger partial charge on any atom is 0.328 e. The van der Waals surface area contributed by atoms with Crippen LogP contribution in [-0.2, 0) is 18.4 Å². The van der Waals surface area contributed by atoms with E-state index in [9.17, 15) is 4.79 Å². The molecule has 0 aliphatic carbocycles. The van der Waals surface area contributed by atoms with Gasteiger partial charge in [0.15, 0.2) is 0 Å². The van der Waals surface area contributed by atoms with E-state index < -0.39 is 5.97 Å². The summed E-state index contributed by atoms with van der Waals surface area (Å²) in [4.78, 5) is 16.8. The molecule has 0 atom stereocenters. The molecule has 0 amide bonds. The Balaban J connectivity index is 2.15. The minimum Gasteiger partial charge on any atom is -0.478 e. The summed E-state index contributed by atoms with van der Waals surface area (Å²) < 4.78 is 1.96. The second-order valence-electron chi connectivity index (χ2n) is 4.69. The summed E-state index contributed by atoms with van der Waals surface area (Å²) in [7, 11) is 3.90. The monoisotopic (exact) mass is 305 g/mol. The van der Waals surface area contributed by atoms with Gasteiger partial charge in [-0.25, -0.2) is 9.78 Å². The SMILES string of the molecule is CN(Cc1nccn1C)c1ccc(/C=C/C(=O)O)c(Cl)c1. The van der Waals surface area contributed by atoms with Crippen LogP contribution in [0.1, 0.15) is 11.4 Å². The van der Waals surface area contributed by atoms with Gasteiger partial charge in [0.1, 0.15) is 5.82 Å². The van der Waals surface area contributed by atoms with Crippen molar-refractivity contribution in [3.63, 3.8) is 0 Å². The number of halogens is 1. The summed E-state index contributed by atoms with van der Waals surface area (Å²) in [6.07, 6.45) is 6.21. The third-order valence-electron chi connectivity index (χ3n) is 3.13. The molecule has 6 heteroatoms. The molecule has 21 heavy (non-hydrogen) atoms. The molecule has 110 valence electrons. The van der Waals surface area contributed by atoms with Gasteiger partial charge in [0.2, 0.25) is 0 Å². The quantitative estimate of drug-likeness (QED) is 0.863. The lowest BCUT2D eigenvalue weighted by atomic mass is 10.2. The summed E-state index contributed by atoms with van der Waals surface area (Å²) in [6.45, 7) is 0.657. The van der Waals surface area contributed by atoms with E-state index in [0.717, 1.165) is 17.6 Å². The Hall–Kier alpha value is -2.27. The van der Waals surface area contributed by atoms with Crippen LogP contribution in [0.15, 0.2) is 36.7 Å². The number of nitrogens with zero attached hydrogens (tertiary/aromatic N) is 3. The largest absolute Gasteiger partial charge is 0.478 e. The van der Waals surface area contributed by atoms with Gasteiger partial charge in [0, 0.05) is 43.3 Å². The zero-order valence-corrected chi connectivity index (χ0v) is 12.6. The smallest absolute Gasteiger partial charge is 0.328 e. The van der Waals surface area contributed by atoms with Crippen molar-refractivity contribution in [3.05, 3.63) is 53.1 Å². The Kier molecular flexibility index (Phi) is 4.65. The van der Waals surface area contributed by atoms with Crippen LogP contribution in [0.2, 0.25) is 5.02 Å². The summed E-state index contributed by atoms with van der Waals surface area (Å²) in [5.74, 6) is -0.0504. The number of aliphatic carboxylic acids is 1. The molecule has 1 aromatic heterocycles. The Morgan fingerprint density at radius 2 is 2.29 bits per heavy atom. The number of hydrogen-bond donors (Lipinski definition) is 1. The normalized spacial score (nSPS) is 11.0. The third kappa shape index (κ3) is 3.86. The predicted molar refractivity (Wildman–Crippen MR) is 83.4 cm³/mol. The highest BCUT2D eigenvalue weighted by atomic mass is 35.5. The maximum atomic E-state index is 10.5.